The number of fused-ring (bicyclic) bond motifs is 1. The number of amides is 1. The second kappa shape index (κ2) is 8.51. The van der Waals surface area contributed by atoms with E-state index in [1.165, 1.54) is 43.4 Å². The highest BCUT2D eigenvalue weighted by molar-refractivity contribution is 7.93. The fourth-order valence-corrected chi connectivity index (χ4v) is 5.75. The van der Waals surface area contributed by atoms with E-state index < -0.39 is 32.2 Å². The molecule has 31 heavy (non-hydrogen) atoms. The first-order chi connectivity index (χ1) is 14.5. The first kappa shape index (κ1) is 23.1. The van der Waals surface area contributed by atoms with E-state index in [0.29, 0.717) is 17.1 Å². The van der Waals surface area contributed by atoms with Gasteiger partial charge in [-0.2, -0.15) is 0 Å². The molecule has 0 fully saturated rings. The van der Waals surface area contributed by atoms with Gasteiger partial charge in [-0.05, 0) is 49.9 Å². The van der Waals surface area contributed by atoms with E-state index in [0.717, 1.165) is 0 Å². The Labute approximate surface area is 184 Å². The molecule has 1 amide bonds. The maximum Gasteiger partial charge on any atom is 0.275 e. The zero-order chi connectivity index (χ0) is 23.0. The largest absolute Gasteiger partial charge is 0.321 e. The van der Waals surface area contributed by atoms with Gasteiger partial charge in [-0.25, -0.2) is 17.8 Å². The highest BCUT2D eigenvalue weighted by Crippen LogP contribution is 2.29. The van der Waals surface area contributed by atoms with Gasteiger partial charge in [0.15, 0.2) is 14.8 Å². The Hall–Kier alpha value is -2.59. The fourth-order valence-electron chi connectivity index (χ4n) is 3.27. The fraction of sp³-hybridized carbons (Fsp3) is 0.381. The van der Waals surface area contributed by atoms with Crippen molar-refractivity contribution in [1.29, 1.82) is 5.41 Å². The van der Waals surface area contributed by atoms with Crippen molar-refractivity contribution in [2.24, 2.45) is 0 Å². The third-order valence-electron chi connectivity index (χ3n) is 5.44. The Bertz CT molecular complexity index is 1220. The second-order valence-corrected chi connectivity index (χ2v) is 11.4. The van der Waals surface area contributed by atoms with Crippen LogP contribution in [0.3, 0.4) is 0 Å². The van der Waals surface area contributed by atoms with Crippen LogP contribution >= 0.6 is 11.3 Å². The Morgan fingerprint density at radius 1 is 1.39 bits per heavy atom. The number of nitrogens with one attached hydrogen (secondary N) is 2. The topological polar surface area (TPSA) is 104 Å². The average Bonchev–Trinajstić information content (AvgIpc) is 3.30. The summed E-state index contributed by atoms with van der Waals surface area (Å²) in [7, 11) is -3.71. The van der Waals surface area contributed by atoms with Crippen LogP contribution in [0, 0.1) is 11.2 Å². The summed E-state index contributed by atoms with van der Waals surface area (Å²) in [4.78, 5) is 17.4. The van der Waals surface area contributed by atoms with E-state index in [4.69, 9.17) is 5.41 Å². The Balaban J connectivity index is 1.80. The molecule has 0 aliphatic heterocycles. The molecule has 1 atom stereocenters. The number of anilines is 1. The second-order valence-electron chi connectivity index (χ2n) is 7.93. The van der Waals surface area contributed by atoms with Gasteiger partial charge in [0.25, 0.3) is 5.91 Å². The number of nitrogens with zero attached hydrogens (tertiary/aromatic N) is 2. The molecule has 2 aromatic heterocycles. The lowest BCUT2D eigenvalue weighted by molar-refractivity contribution is 0.102. The number of benzene rings is 1. The van der Waals surface area contributed by atoms with E-state index >= 15 is 0 Å². The van der Waals surface area contributed by atoms with E-state index in [1.807, 2.05) is 5.38 Å². The third-order valence-corrected chi connectivity index (χ3v) is 8.95. The van der Waals surface area contributed by atoms with Crippen LogP contribution in [0.4, 0.5) is 10.1 Å². The zero-order valence-corrected chi connectivity index (χ0v) is 19.4. The average molecular weight is 465 g/mol. The zero-order valence-electron chi connectivity index (χ0n) is 17.8. The molecular formula is C21H25FN4O3S2. The number of carbonyl (C=O) groups is 1. The van der Waals surface area contributed by atoms with Gasteiger partial charge in [-0.15, -0.1) is 11.3 Å². The van der Waals surface area contributed by atoms with Crippen molar-refractivity contribution in [2.75, 3.05) is 11.1 Å². The molecule has 0 bridgehead atoms. The number of imidazole rings is 1. The first-order valence-electron chi connectivity index (χ1n) is 9.79. The van der Waals surface area contributed by atoms with Crippen LogP contribution in [0.5, 0.6) is 0 Å². The van der Waals surface area contributed by atoms with E-state index in [9.17, 15) is 17.6 Å². The molecule has 0 saturated carbocycles. The van der Waals surface area contributed by atoms with Crippen molar-refractivity contribution in [3.63, 3.8) is 0 Å². The number of thiazole rings is 1. The quantitative estimate of drug-likeness (QED) is 0.479. The normalized spacial score (nSPS) is 13.3. The van der Waals surface area contributed by atoms with Crippen LogP contribution in [0.25, 0.3) is 4.96 Å². The smallest absolute Gasteiger partial charge is 0.275 e. The van der Waals surface area contributed by atoms with Crippen LogP contribution in [0.15, 0.2) is 36.0 Å². The lowest BCUT2D eigenvalue weighted by Gasteiger charge is -2.27. The summed E-state index contributed by atoms with van der Waals surface area (Å²) in [6.45, 7) is 6.36. The van der Waals surface area contributed by atoms with Crippen molar-refractivity contribution >= 4 is 43.4 Å². The molecule has 0 aliphatic carbocycles. The number of rotatable bonds is 8. The van der Waals surface area contributed by atoms with E-state index in [2.05, 4.69) is 10.3 Å². The van der Waals surface area contributed by atoms with Gasteiger partial charge < -0.3 is 10.7 Å². The van der Waals surface area contributed by atoms with E-state index in [-0.39, 0.29) is 22.7 Å². The van der Waals surface area contributed by atoms with Gasteiger partial charge in [0.1, 0.15) is 16.3 Å². The maximum atomic E-state index is 14.5. The SMILES string of the molecule is CCC(=N)C(C)(C)S(=O)(=O)CC(C)c1cc(NC(=O)c2cn3ccsc3n2)ccc1F. The van der Waals surface area contributed by atoms with Crippen LogP contribution in [-0.4, -0.2) is 39.9 Å². The molecule has 0 saturated heterocycles. The van der Waals surface area contributed by atoms with Crippen molar-refractivity contribution in [2.45, 2.75) is 44.8 Å². The molecule has 0 aliphatic rings. The summed E-state index contributed by atoms with van der Waals surface area (Å²) < 4.78 is 40.7. The molecule has 1 aromatic carbocycles. The number of carbonyl (C=O) groups excluding carboxylic acids is 1. The van der Waals surface area contributed by atoms with Crippen molar-refractivity contribution in [3.05, 3.63) is 53.0 Å². The molecule has 166 valence electrons. The first-order valence-corrected chi connectivity index (χ1v) is 12.3. The summed E-state index contributed by atoms with van der Waals surface area (Å²) >= 11 is 1.40. The predicted molar refractivity (Wildman–Crippen MR) is 122 cm³/mol. The molecule has 7 nitrogen and oxygen atoms in total. The number of hydrogen-bond donors (Lipinski definition) is 2. The predicted octanol–water partition coefficient (Wildman–Crippen LogP) is 4.51. The minimum absolute atomic E-state index is 0.112. The van der Waals surface area contributed by atoms with Gasteiger partial charge >= 0.3 is 0 Å². The Kier molecular flexibility index (Phi) is 6.33. The van der Waals surface area contributed by atoms with Gasteiger partial charge in [-0.1, -0.05) is 13.8 Å². The summed E-state index contributed by atoms with van der Waals surface area (Å²) in [5.41, 5.74) is 0.878. The molecule has 2 N–H and O–H groups in total. The molecular weight excluding hydrogens is 439 g/mol. The van der Waals surface area contributed by atoms with Gasteiger partial charge in [0, 0.05) is 29.2 Å². The van der Waals surface area contributed by atoms with Crippen LogP contribution in [-0.2, 0) is 9.84 Å². The molecule has 10 heteroatoms. The highest BCUT2D eigenvalue weighted by Gasteiger charge is 2.38. The standard InChI is InChI=1S/C21H25FN4O3S2/c1-5-18(23)21(3,4)31(28,29)12-13(2)15-10-14(6-7-16(15)22)24-19(27)17-11-26-8-9-30-20(26)25-17/h6-11,13,23H,5,12H2,1-4H3,(H,24,27). The lowest BCUT2D eigenvalue weighted by Crippen LogP contribution is -2.42. The van der Waals surface area contributed by atoms with Crippen LogP contribution in [0.1, 0.15) is 56.1 Å². The summed E-state index contributed by atoms with van der Waals surface area (Å²) in [6, 6.07) is 4.08. The van der Waals surface area contributed by atoms with E-state index in [1.54, 1.807) is 30.6 Å². The Morgan fingerprint density at radius 3 is 2.74 bits per heavy atom. The van der Waals surface area contributed by atoms with Crippen molar-refractivity contribution < 1.29 is 17.6 Å². The highest BCUT2D eigenvalue weighted by atomic mass is 32.2. The molecule has 3 aromatic rings. The van der Waals surface area contributed by atoms with Crippen molar-refractivity contribution in [3.8, 4) is 0 Å². The minimum atomic E-state index is -3.71. The lowest BCUT2D eigenvalue weighted by atomic mass is 10.0. The number of halogens is 1. The molecule has 0 spiro atoms. The summed E-state index contributed by atoms with van der Waals surface area (Å²) in [6.07, 6.45) is 3.72. The third kappa shape index (κ3) is 4.54. The number of aromatic nitrogens is 2. The minimum Gasteiger partial charge on any atom is -0.321 e. The maximum absolute atomic E-state index is 14.5. The molecule has 0 radical (unpaired) electrons. The number of hydrogen-bond acceptors (Lipinski definition) is 6. The molecule has 1 unspecified atom stereocenters. The Morgan fingerprint density at radius 2 is 2.10 bits per heavy atom. The van der Waals surface area contributed by atoms with Gasteiger partial charge in [0.2, 0.25) is 0 Å². The molecule has 3 rings (SSSR count). The van der Waals surface area contributed by atoms with Crippen LogP contribution in [0.2, 0.25) is 0 Å². The van der Waals surface area contributed by atoms with Crippen molar-refractivity contribution in [1.82, 2.24) is 9.38 Å². The summed E-state index contributed by atoms with van der Waals surface area (Å²) in [5, 5.41) is 12.5. The molecule has 2 heterocycles. The van der Waals surface area contributed by atoms with Crippen LogP contribution < -0.4 is 5.32 Å². The monoisotopic (exact) mass is 464 g/mol. The number of sulfone groups is 1. The van der Waals surface area contributed by atoms with Gasteiger partial charge in [0.05, 0.1) is 5.75 Å². The van der Waals surface area contributed by atoms with Gasteiger partial charge in [-0.3, -0.25) is 9.20 Å². The summed E-state index contributed by atoms with van der Waals surface area (Å²) in [5.74, 6) is -1.96.